The molecule has 0 unspecified atom stereocenters. The van der Waals surface area contributed by atoms with E-state index >= 15 is 0 Å². The van der Waals surface area contributed by atoms with Gasteiger partial charge in [0.1, 0.15) is 0 Å². The minimum absolute atomic E-state index is 0.235. The van der Waals surface area contributed by atoms with Gasteiger partial charge in [-0.15, -0.1) is 0 Å². The summed E-state index contributed by atoms with van der Waals surface area (Å²) in [5, 5.41) is 3.90. The third kappa shape index (κ3) is 4.37. The van der Waals surface area contributed by atoms with Crippen LogP contribution in [0.1, 0.15) is 22.3 Å². The zero-order valence-corrected chi connectivity index (χ0v) is 17.7. The number of rotatable bonds is 6. The van der Waals surface area contributed by atoms with Crippen LogP contribution in [0.2, 0.25) is 0 Å². The van der Waals surface area contributed by atoms with E-state index in [2.05, 4.69) is 25.9 Å². The Kier molecular flexibility index (Phi) is 6.30. The Morgan fingerprint density at radius 2 is 1.65 bits per heavy atom. The molecule has 0 fully saturated rings. The Labute approximate surface area is 162 Å². The molecule has 0 aliphatic rings. The highest BCUT2D eigenvalue weighted by molar-refractivity contribution is 9.10. The Bertz CT molecular complexity index is 933. The van der Waals surface area contributed by atoms with Crippen molar-refractivity contribution in [2.75, 3.05) is 14.2 Å². The Morgan fingerprint density at radius 1 is 1.04 bits per heavy atom. The Balaban J connectivity index is 2.35. The molecule has 26 heavy (non-hydrogen) atoms. The van der Waals surface area contributed by atoms with Gasteiger partial charge in [0, 0.05) is 10.0 Å². The first-order valence-corrected chi connectivity index (χ1v) is 10.0. The van der Waals surface area contributed by atoms with E-state index < -0.39 is 10.0 Å². The summed E-state index contributed by atoms with van der Waals surface area (Å²) in [6.45, 7) is 5.45. The van der Waals surface area contributed by atoms with Crippen molar-refractivity contribution in [3.63, 3.8) is 0 Å². The van der Waals surface area contributed by atoms with Crippen molar-refractivity contribution >= 4 is 32.2 Å². The lowest BCUT2D eigenvalue weighted by atomic mass is 10.1. The molecule has 6 nitrogen and oxygen atoms in total. The molecule has 0 saturated heterocycles. The van der Waals surface area contributed by atoms with Gasteiger partial charge < -0.3 is 9.47 Å². The lowest BCUT2D eigenvalue weighted by Crippen LogP contribution is -2.20. The number of aryl methyl sites for hydroxylation is 3. The van der Waals surface area contributed by atoms with E-state index in [9.17, 15) is 8.42 Å². The lowest BCUT2D eigenvalue weighted by molar-refractivity contribution is 0.354. The summed E-state index contributed by atoms with van der Waals surface area (Å²) in [4.78, 5) is 2.50. The maximum atomic E-state index is 12.6. The molecule has 140 valence electrons. The fourth-order valence-corrected chi connectivity index (χ4v) is 4.56. The number of sulfonamides is 1. The van der Waals surface area contributed by atoms with Gasteiger partial charge in [-0.05, 0) is 44.0 Å². The number of nitrogens with zero attached hydrogens (tertiary/aromatic N) is 1. The molecule has 0 atom stereocenters. The molecule has 0 amide bonds. The van der Waals surface area contributed by atoms with Crippen molar-refractivity contribution in [3.8, 4) is 11.5 Å². The molecule has 2 aromatic carbocycles. The second-order valence-electron chi connectivity index (χ2n) is 5.81. The molecule has 2 rings (SSSR count). The van der Waals surface area contributed by atoms with Gasteiger partial charge in [-0.1, -0.05) is 33.6 Å². The summed E-state index contributed by atoms with van der Waals surface area (Å²) in [6.07, 6.45) is 1.38. The number of ether oxygens (including phenoxy) is 2. The molecule has 2 aromatic rings. The smallest absolute Gasteiger partial charge is 0.277 e. The highest BCUT2D eigenvalue weighted by Crippen LogP contribution is 2.33. The van der Waals surface area contributed by atoms with Crippen LogP contribution in [-0.4, -0.2) is 28.9 Å². The number of nitrogens with one attached hydrogen (secondary N) is 1. The van der Waals surface area contributed by atoms with E-state index in [-0.39, 0.29) is 4.90 Å². The van der Waals surface area contributed by atoms with E-state index in [1.165, 1.54) is 20.4 Å². The quantitative estimate of drug-likeness (QED) is 0.548. The number of halogens is 1. The number of methoxy groups -OCH3 is 2. The van der Waals surface area contributed by atoms with Crippen molar-refractivity contribution in [2.45, 2.75) is 25.7 Å². The molecule has 0 spiro atoms. The molecule has 0 radical (unpaired) electrons. The van der Waals surface area contributed by atoms with Crippen LogP contribution >= 0.6 is 15.9 Å². The average Bonchev–Trinajstić information content (AvgIpc) is 2.52. The summed E-state index contributed by atoms with van der Waals surface area (Å²) in [7, 11) is -0.755. The highest BCUT2D eigenvalue weighted by atomic mass is 79.9. The van der Waals surface area contributed by atoms with Gasteiger partial charge in [-0.2, -0.15) is 13.5 Å². The van der Waals surface area contributed by atoms with Gasteiger partial charge in [0.05, 0.1) is 25.3 Å². The molecule has 1 N–H and O–H groups in total. The van der Waals surface area contributed by atoms with Crippen molar-refractivity contribution < 1.29 is 17.9 Å². The largest absolute Gasteiger partial charge is 0.493 e. The number of hydrogen-bond acceptors (Lipinski definition) is 5. The average molecular weight is 441 g/mol. The second-order valence-corrected chi connectivity index (χ2v) is 8.32. The number of benzene rings is 2. The van der Waals surface area contributed by atoms with Gasteiger partial charge in [0.15, 0.2) is 11.5 Å². The van der Waals surface area contributed by atoms with E-state index in [0.29, 0.717) is 28.2 Å². The summed E-state index contributed by atoms with van der Waals surface area (Å²) in [6, 6.07) is 7.15. The molecule has 0 bridgehead atoms. The predicted molar refractivity (Wildman–Crippen MR) is 106 cm³/mol. The molecular weight excluding hydrogens is 420 g/mol. The Hall–Kier alpha value is -2.06. The van der Waals surface area contributed by atoms with E-state index in [1.54, 1.807) is 26.0 Å². The van der Waals surface area contributed by atoms with Crippen LogP contribution in [0.3, 0.4) is 0 Å². The molecule has 0 aliphatic heterocycles. The van der Waals surface area contributed by atoms with E-state index in [4.69, 9.17) is 9.47 Å². The molecule has 0 saturated carbocycles. The third-order valence-corrected chi connectivity index (χ3v) is 5.71. The van der Waals surface area contributed by atoms with Crippen LogP contribution in [-0.2, 0) is 10.0 Å². The van der Waals surface area contributed by atoms with Crippen molar-refractivity contribution in [2.24, 2.45) is 5.10 Å². The third-order valence-electron chi connectivity index (χ3n) is 3.72. The van der Waals surface area contributed by atoms with Gasteiger partial charge >= 0.3 is 0 Å². The molecular formula is C18H21BrN2O4S. The van der Waals surface area contributed by atoms with Crippen LogP contribution in [0.15, 0.2) is 38.7 Å². The standard InChI is InChI=1S/C18H21BrN2O4S/c1-11-6-12(2)18(13(3)7-11)26(22,23)21-20-10-14-8-15(19)9-16(24-4)17(14)25-5/h6-10,21H,1-5H3/b20-10+. The minimum atomic E-state index is -3.79. The van der Waals surface area contributed by atoms with Gasteiger partial charge in [0.25, 0.3) is 10.0 Å². The van der Waals surface area contributed by atoms with Crippen molar-refractivity contribution in [3.05, 3.63) is 51.0 Å². The molecule has 0 aromatic heterocycles. The minimum Gasteiger partial charge on any atom is -0.493 e. The van der Waals surface area contributed by atoms with Gasteiger partial charge in [0.2, 0.25) is 0 Å². The number of hydrogen-bond donors (Lipinski definition) is 1. The monoisotopic (exact) mass is 440 g/mol. The van der Waals surface area contributed by atoms with Crippen molar-refractivity contribution in [1.29, 1.82) is 0 Å². The maximum Gasteiger partial charge on any atom is 0.277 e. The topological polar surface area (TPSA) is 77.0 Å². The van der Waals surface area contributed by atoms with Gasteiger partial charge in [-0.3, -0.25) is 0 Å². The first-order chi connectivity index (χ1) is 12.2. The first kappa shape index (κ1) is 20.3. The first-order valence-electron chi connectivity index (χ1n) is 7.74. The summed E-state index contributed by atoms with van der Waals surface area (Å²) >= 11 is 3.38. The summed E-state index contributed by atoms with van der Waals surface area (Å²) in [5.41, 5.74) is 2.92. The zero-order chi connectivity index (χ0) is 19.5. The van der Waals surface area contributed by atoms with Gasteiger partial charge in [-0.25, -0.2) is 4.83 Å². The molecule has 0 heterocycles. The van der Waals surface area contributed by atoms with Crippen LogP contribution in [0.5, 0.6) is 11.5 Å². The van der Waals surface area contributed by atoms with Crippen molar-refractivity contribution in [1.82, 2.24) is 4.83 Å². The fraction of sp³-hybridized carbons (Fsp3) is 0.278. The molecule has 8 heteroatoms. The highest BCUT2D eigenvalue weighted by Gasteiger charge is 2.19. The molecule has 0 aliphatic carbocycles. The predicted octanol–water partition coefficient (Wildman–Crippen LogP) is 3.70. The van der Waals surface area contributed by atoms with E-state index in [1.807, 2.05) is 19.1 Å². The SMILES string of the molecule is COc1cc(Br)cc(/C=N/NS(=O)(=O)c2c(C)cc(C)cc2C)c1OC. The van der Waals surface area contributed by atoms with Crippen LogP contribution in [0.25, 0.3) is 0 Å². The summed E-state index contributed by atoms with van der Waals surface area (Å²) < 4.78 is 36.6. The van der Waals surface area contributed by atoms with Crippen LogP contribution < -0.4 is 14.3 Å². The number of hydrazone groups is 1. The second kappa shape index (κ2) is 8.09. The summed E-state index contributed by atoms with van der Waals surface area (Å²) in [5.74, 6) is 0.970. The van der Waals surface area contributed by atoms with Crippen LogP contribution in [0.4, 0.5) is 0 Å². The fourth-order valence-electron chi connectivity index (χ4n) is 2.86. The maximum absolute atomic E-state index is 12.6. The van der Waals surface area contributed by atoms with E-state index in [0.717, 1.165) is 10.0 Å². The Morgan fingerprint density at radius 3 is 2.19 bits per heavy atom. The normalized spacial score (nSPS) is 11.6. The lowest BCUT2D eigenvalue weighted by Gasteiger charge is -2.12. The van der Waals surface area contributed by atoms with Crippen LogP contribution in [0, 0.1) is 20.8 Å². The zero-order valence-electron chi connectivity index (χ0n) is 15.3.